The van der Waals surface area contributed by atoms with Crippen LogP contribution in [0.3, 0.4) is 0 Å². The van der Waals surface area contributed by atoms with Gasteiger partial charge in [0.15, 0.2) is 11.4 Å². The SMILES string of the molecule is O=C(NCCCc1nnc2ccccn12)c1ccc(COc2ccc3c(c2)CCC3)o1. The highest BCUT2D eigenvalue weighted by atomic mass is 16.5. The van der Waals surface area contributed by atoms with Crippen molar-refractivity contribution in [3.63, 3.8) is 0 Å². The zero-order valence-electron chi connectivity index (χ0n) is 17.2. The number of amides is 1. The molecule has 158 valence electrons. The monoisotopic (exact) mass is 416 g/mol. The van der Waals surface area contributed by atoms with Crippen molar-refractivity contribution in [1.82, 2.24) is 19.9 Å². The predicted molar refractivity (Wildman–Crippen MR) is 115 cm³/mol. The quantitative estimate of drug-likeness (QED) is 0.443. The topological polar surface area (TPSA) is 81.7 Å². The Morgan fingerprint density at radius 2 is 2.03 bits per heavy atom. The largest absolute Gasteiger partial charge is 0.486 e. The van der Waals surface area contributed by atoms with E-state index in [1.165, 1.54) is 17.5 Å². The van der Waals surface area contributed by atoms with Crippen LogP contribution in [0.1, 0.15) is 46.1 Å². The summed E-state index contributed by atoms with van der Waals surface area (Å²) in [6, 6.07) is 15.5. The van der Waals surface area contributed by atoms with Crippen LogP contribution in [0.5, 0.6) is 5.75 Å². The average Bonchev–Trinajstić information content (AvgIpc) is 3.54. The molecule has 1 amide bonds. The molecule has 0 fully saturated rings. The molecule has 1 aliphatic rings. The number of nitrogens with zero attached hydrogens (tertiary/aromatic N) is 3. The van der Waals surface area contributed by atoms with E-state index >= 15 is 0 Å². The van der Waals surface area contributed by atoms with Gasteiger partial charge in [0, 0.05) is 19.2 Å². The predicted octanol–water partition coefficient (Wildman–Crippen LogP) is 3.75. The summed E-state index contributed by atoms with van der Waals surface area (Å²) in [5, 5.41) is 11.2. The van der Waals surface area contributed by atoms with Gasteiger partial charge in [-0.1, -0.05) is 12.1 Å². The minimum absolute atomic E-state index is 0.227. The second-order valence-corrected chi connectivity index (χ2v) is 7.74. The van der Waals surface area contributed by atoms with Gasteiger partial charge in [-0.15, -0.1) is 10.2 Å². The van der Waals surface area contributed by atoms with Gasteiger partial charge in [-0.2, -0.15) is 0 Å². The molecular formula is C24H24N4O3. The first-order valence-electron chi connectivity index (χ1n) is 10.7. The van der Waals surface area contributed by atoms with E-state index in [1.807, 2.05) is 34.9 Å². The Labute approximate surface area is 180 Å². The molecule has 7 nitrogen and oxygen atoms in total. The minimum atomic E-state index is -0.227. The summed E-state index contributed by atoms with van der Waals surface area (Å²) in [4.78, 5) is 12.4. The standard InChI is InChI=1S/C24H24N4O3/c29-24(25-13-4-8-23-27-26-22-7-1-2-14-28(22)23)21-12-11-20(31-21)16-30-19-10-9-17-5-3-6-18(17)15-19/h1-2,7,9-12,14-15H,3-6,8,13,16H2,(H,25,29). The van der Waals surface area contributed by atoms with Crippen molar-refractivity contribution in [2.75, 3.05) is 6.54 Å². The number of benzene rings is 1. The minimum Gasteiger partial charge on any atom is -0.486 e. The zero-order valence-corrected chi connectivity index (χ0v) is 17.2. The Kier molecular flexibility index (Phi) is 5.39. The lowest BCUT2D eigenvalue weighted by Gasteiger charge is -2.07. The number of nitrogens with one attached hydrogen (secondary N) is 1. The van der Waals surface area contributed by atoms with Gasteiger partial charge in [-0.3, -0.25) is 9.20 Å². The van der Waals surface area contributed by atoms with Crippen LogP contribution in [0.15, 0.2) is 59.1 Å². The molecule has 3 heterocycles. The lowest BCUT2D eigenvalue weighted by atomic mass is 10.1. The highest BCUT2D eigenvalue weighted by Crippen LogP contribution is 2.26. The molecule has 0 radical (unpaired) electrons. The van der Waals surface area contributed by atoms with Crippen LogP contribution in [0.25, 0.3) is 5.65 Å². The molecule has 0 spiro atoms. The highest BCUT2D eigenvalue weighted by molar-refractivity contribution is 5.91. The third-order valence-electron chi connectivity index (χ3n) is 5.58. The van der Waals surface area contributed by atoms with Crippen molar-refractivity contribution in [3.8, 4) is 5.75 Å². The van der Waals surface area contributed by atoms with Crippen molar-refractivity contribution in [2.45, 2.75) is 38.7 Å². The van der Waals surface area contributed by atoms with E-state index in [-0.39, 0.29) is 5.91 Å². The maximum Gasteiger partial charge on any atom is 0.286 e. The first kappa shape index (κ1) is 19.4. The van der Waals surface area contributed by atoms with Crippen LogP contribution in [-0.4, -0.2) is 27.0 Å². The van der Waals surface area contributed by atoms with E-state index in [0.717, 1.165) is 42.9 Å². The molecule has 4 aromatic rings. The van der Waals surface area contributed by atoms with Crippen LogP contribution in [0.4, 0.5) is 0 Å². The summed E-state index contributed by atoms with van der Waals surface area (Å²) in [6.07, 6.45) is 6.91. The second-order valence-electron chi connectivity index (χ2n) is 7.74. The molecule has 1 aromatic carbocycles. The van der Waals surface area contributed by atoms with Crippen LogP contribution < -0.4 is 10.1 Å². The van der Waals surface area contributed by atoms with Crippen LogP contribution >= 0.6 is 0 Å². The van der Waals surface area contributed by atoms with Crippen molar-refractivity contribution in [2.24, 2.45) is 0 Å². The number of aryl methyl sites for hydroxylation is 3. The maximum atomic E-state index is 12.4. The van der Waals surface area contributed by atoms with E-state index in [4.69, 9.17) is 9.15 Å². The van der Waals surface area contributed by atoms with Crippen LogP contribution in [-0.2, 0) is 25.9 Å². The number of pyridine rings is 1. The molecule has 1 N–H and O–H groups in total. The fourth-order valence-electron chi connectivity index (χ4n) is 3.97. The van der Waals surface area contributed by atoms with E-state index in [2.05, 4.69) is 27.6 Å². The van der Waals surface area contributed by atoms with Gasteiger partial charge in [0.25, 0.3) is 5.91 Å². The van der Waals surface area contributed by atoms with Gasteiger partial charge in [0.2, 0.25) is 0 Å². The number of fused-ring (bicyclic) bond motifs is 2. The first-order valence-corrected chi connectivity index (χ1v) is 10.7. The van der Waals surface area contributed by atoms with E-state index in [1.54, 1.807) is 12.1 Å². The summed E-state index contributed by atoms with van der Waals surface area (Å²) in [5.41, 5.74) is 3.62. The second kappa shape index (κ2) is 8.63. The number of rotatable bonds is 8. The van der Waals surface area contributed by atoms with Gasteiger partial charge in [0.1, 0.15) is 23.9 Å². The van der Waals surface area contributed by atoms with Crippen LogP contribution in [0.2, 0.25) is 0 Å². The molecule has 0 saturated heterocycles. The fourth-order valence-corrected chi connectivity index (χ4v) is 3.97. The van der Waals surface area contributed by atoms with Gasteiger partial charge >= 0.3 is 0 Å². The third-order valence-corrected chi connectivity index (χ3v) is 5.58. The lowest BCUT2D eigenvalue weighted by molar-refractivity contribution is 0.0921. The van der Waals surface area contributed by atoms with Crippen molar-refractivity contribution in [3.05, 3.63) is 83.2 Å². The number of carbonyl (C=O) groups excluding carboxylic acids is 1. The van der Waals surface area contributed by atoms with Crippen molar-refractivity contribution >= 4 is 11.6 Å². The molecule has 0 saturated carbocycles. The van der Waals surface area contributed by atoms with E-state index in [0.29, 0.717) is 24.7 Å². The van der Waals surface area contributed by atoms with Crippen molar-refractivity contribution < 1.29 is 13.9 Å². The highest BCUT2D eigenvalue weighted by Gasteiger charge is 2.13. The summed E-state index contributed by atoms with van der Waals surface area (Å²) in [7, 11) is 0. The Morgan fingerprint density at radius 1 is 1.10 bits per heavy atom. The summed E-state index contributed by atoms with van der Waals surface area (Å²) < 4.78 is 13.5. The Balaban J connectivity index is 1.09. The fraction of sp³-hybridized carbons (Fsp3) is 0.292. The molecule has 7 heteroatoms. The Morgan fingerprint density at radius 3 is 3.00 bits per heavy atom. The first-order chi connectivity index (χ1) is 15.3. The molecule has 0 aliphatic heterocycles. The van der Waals surface area contributed by atoms with Crippen LogP contribution in [0, 0.1) is 0 Å². The van der Waals surface area contributed by atoms with E-state index in [9.17, 15) is 4.79 Å². The number of aromatic nitrogens is 3. The number of carbonyl (C=O) groups is 1. The lowest BCUT2D eigenvalue weighted by Crippen LogP contribution is -2.24. The smallest absolute Gasteiger partial charge is 0.286 e. The van der Waals surface area contributed by atoms with Gasteiger partial charge in [0.05, 0.1) is 0 Å². The molecule has 5 rings (SSSR count). The number of hydrogen-bond donors (Lipinski definition) is 1. The summed E-state index contributed by atoms with van der Waals surface area (Å²) >= 11 is 0. The number of hydrogen-bond acceptors (Lipinski definition) is 5. The number of furan rings is 1. The van der Waals surface area contributed by atoms with Crippen molar-refractivity contribution in [1.29, 1.82) is 0 Å². The van der Waals surface area contributed by atoms with Gasteiger partial charge < -0.3 is 14.5 Å². The molecule has 1 aliphatic carbocycles. The van der Waals surface area contributed by atoms with Gasteiger partial charge in [-0.05, 0) is 73.2 Å². The Bertz CT molecular complexity index is 1210. The maximum absolute atomic E-state index is 12.4. The molecule has 0 bridgehead atoms. The molecule has 3 aromatic heterocycles. The average molecular weight is 416 g/mol. The summed E-state index contributed by atoms with van der Waals surface area (Å²) in [5.74, 6) is 2.41. The number of ether oxygens (including phenoxy) is 1. The Hall–Kier alpha value is -3.61. The van der Waals surface area contributed by atoms with Gasteiger partial charge in [-0.25, -0.2) is 0 Å². The molecular weight excluding hydrogens is 392 g/mol. The van der Waals surface area contributed by atoms with E-state index < -0.39 is 0 Å². The zero-order chi connectivity index (χ0) is 21.0. The molecule has 0 atom stereocenters. The summed E-state index contributed by atoms with van der Waals surface area (Å²) in [6.45, 7) is 0.828. The normalized spacial score (nSPS) is 12.8. The molecule has 31 heavy (non-hydrogen) atoms. The third kappa shape index (κ3) is 4.30. The molecule has 0 unspecified atom stereocenters.